The van der Waals surface area contributed by atoms with Gasteiger partial charge in [0.25, 0.3) is 0 Å². The van der Waals surface area contributed by atoms with Crippen molar-refractivity contribution in [2.75, 3.05) is 14.2 Å². The van der Waals surface area contributed by atoms with Crippen molar-refractivity contribution in [2.45, 2.75) is 3.79 Å². The summed E-state index contributed by atoms with van der Waals surface area (Å²) in [5, 5.41) is 0. The summed E-state index contributed by atoms with van der Waals surface area (Å²) in [5.74, 6) is 0.132. The van der Waals surface area contributed by atoms with E-state index >= 15 is 0 Å². The van der Waals surface area contributed by atoms with Gasteiger partial charge >= 0.3 is 10.4 Å². The fourth-order valence-electron chi connectivity index (χ4n) is 0.454. The summed E-state index contributed by atoms with van der Waals surface area (Å²) >= 11 is 16.3. The molecule has 7 nitrogen and oxygen atoms in total. The highest BCUT2D eigenvalue weighted by molar-refractivity contribution is 7.81. The number of hydrogen-bond acceptors (Lipinski definition) is 7. The molecule has 1 heterocycles. The summed E-state index contributed by atoms with van der Waals surface area (Å²) in [6, 6.07) is 0. The third-order valence-electron chi connectivity index (χ3n) is 1.16. The van der Waals surface area contributed by atoms with Crippen molar-refractivity contribution < 1.29 is 16.8 Å². The fourth-order valence-corrected chi connectivity index (χ4v) is 0.882. The molecule has 0 bridgehead atoms. The third-order valence-corrected chi connectivity index (χ3v) is 2.48. The number of hydrogen-bond donors (Lipinski definition) is 0. The van der Waals surface area contributed by atoms with Gasteiger partial charge in [0.2, 0.25) is 3.79 Å². The Bertz CT molecular complexity index is 412. The molecule has 1 aromatic heterocycles. The van der Waals surface area contributed by atoms with Crippen LogP contribution in [0.5, 0.6) is 0 Å². The van der Waals surface area contributed by atoms with Crippen LogP contribution in [0.25, 0.3) is 0 Å². The molecule has 98 valence electrons. The molecule has 1 aromatic rings. The van der Waals surface area contributed by atoms with E-state index in [0.717, 1.165) is 14.2 Å². The standard InChI is InChI=1S/C4H2Cl3N3.C2H6O4S/c5-4(6,7)3-9-1-8-2-10-3;1-5-7(3,4)6-2/h1-2H;1-2H3. The van der Waals surface area contributed by atoms with Crippen LogP contribution in [0.2, 0.25) is 0 Å². The van der Waals surface area contributed by atoms with E-state index < -0.39 is 14.2 Å². The molecule has 0 unspecified atom stereocenters. The molecule has 0 fully saturated rings. The maximum Gasteiger partial charge on any atom is 0.399 e. The van der Waals surface area contributed by atoms with Gasteiger partial charge in [-0.2, -0.15) is 8.42 Å². The van der Waals surface area contributed by atoms with Crippen molar-refractivity contribution in [3.63, 3.8) is 0 Å². The van der Waals surface area contributed by atoms with E-state index in [1.54, 1.807) is 0 Å². The highest BCUT2D eigenvalue weighted by Gasteiger charge is 2.25. The largest absolute Gasteiger partial charge is 0.399 e. The van der Waals surface area contributed by atoms with Crippen molar-refractivity contribution in [3.8, 4) is 0 Å². The van der Waals surface area contributed by atoms with Gasteiger partial charge in [0, 0.05) is 0 Å². The SMILES string of the molecule is COS(=O)(=O)OC.ClC(Cl)(Cl)c1ncncn1. The maximum atomic E-state index is 9.92. The highest BCUT2D eigenvalue weighted by Crippen LogP contribution is 2.34. The van der Waals surface area contributed by atoms with E-state index in [0.29, 0.717) is 0 Å². The smallest absolute Gasteiger partial charge is 0.252 e. The monoisotopic (exact) mass is 323 g/mol. The number of alkyl halides is 3. The summed E-state index contributed by atoms with van der Waals surface area (Å²) in [6.07, 6.45) is 2.54. The van der Waals surface area contributed by atoms with E-state index in [1.807, 2.05) is 0 Å². The van der Waals surface area contributed by atoms with E-state index in [2.05, 4.69) is 23.3 Å². The minimum absolute atomic E-state index is 0.132. The van der Waals surface area contributed by atoms with Crippen LogP contribution in [-0.2, 0) is 22.6 Å². The summed E-state index contributed by atoms with van der Waals surface area (Å²) in [7, 11) is -1.60. The molecule has 0 atom stereocenters. The van der Waals surface area contributed by atoms with Gasteiger partial charge in [0.15, 0.2) is 5.82 Å². The van der Waals surface area contributed by atoms with Gasteiger partial charge in [0.1, 0.15) is 12.7 Å². The van der Waals surface area contributed by atoms with Crippen molar-refractivity contribution in [1.82, 2.24) is 15.0 Å². The minimum atomic E-state index is -3.66. The van der Waals surface area contributed by atoms with Crippen molar-refractivity contribution >= 4 is 45.2 Å². The number of nitrogens with zero attached hydrogens (tertiary/aromatic N) is 3. The van der Waals surface area contributed by atoms with Crippen LogP contribution in [-0.4, -0.2) is 37.6 Å². The lowest BCUT2D eigenvalue weighted by Gasteiger charge is -2.05. The molecule has 0 aliphatic rings. The normalized spacial score (nSPS) is 11.6. The second-order valence-electron chi connectivity index (χ2n) is 2.20. The van der Waals surface area contributed by atoms with E-state index in [9.17, 15) is 8.42 Å². The lowest BCUT2D eigenvalue weighted by molar-refractivity contribution is 0.286. The Hall–Kier alpha value is -0.250. The quantitative estimate of drug-likeness (QED) is 0.755. The second kappa shape index (κ2) is 7.24. The van der Waals surface area contributed by atoms with Gasteiger partial charge in [0.05, 0.1) is 14.2 Å². The van der Waals surface area contributed by atoms with E-state index in [1.165, 1.54) is 12.7 Å². The molecule has 0 N–H and O–H groups in total. The first kappa shape index (κ1) is 16.8. The Kier molecular flexibility index (Phi) is 7.14. The average Bonchev–Trinajstić information content (AvgIpc) is 2.30. The highest BCUT2D eigenvalue weighted by atomic mass is 35.6. The van der Waals surface area contributed by atoms with E-state index in [-0.39, 0.29) is 5.82 Å². The van der Waals surface area contributed by atoms with Gasteiger partial charge in [-0.3, -0.25) is 8.37 Å². The van der Waals surface area contributed by atoms with Gasteiger partial charge < -0.3 is 0 Å². The fraction of sp³-hybridized carbons (Fsp3) is 0.500. The molecule has 0 spiro atoms. The zero-order chi connectivity index (χ0) is 13.5. The van der Waals surface area contributed by atoms with Gasteiger partial charge in [-0.15, -0.1) is 0 Å². The number of halogens is 3. The van der Waals surface area contributed by atoms with Gasteiger partial charge in [-0.05, 0) is 0 Å². The summed E-state index contributed by atoms with van der Waals surface area (Å²) in [6.45, 7) is 0. The third kappa shape index (κ3) is 7.63. The van der Waals surface area contributed by atoms with Crippen LogP contribution in [0.1, 0.15) is 5.82 Å². The van der Waals surface area contributed by atoms with Crippen molar-refractivity contribution in [1.29, 1.82) is 0 Å². The Balaban J connectivity index is 0.000000325. The van der Waals surface area contributed by atoms with Gasteiger partial charge in [-0.25, -0.2) is 15.0 Å². The molecular weight excluding hydrogens is 317 g/mol. The van der Waals surface area contributed by atoms with Crippen LogP contribution in [0.4, 0.5) is 0 Å². The van der Waals surface area contributed by atoms with Crippen molar-refractivity contribution in [3.05, 3.63) is 18.5 Å². The van der Waals surface area contributed by atoms with Crippen LogP contribution < -0.4 is 0 Å². The molecule has 0 radical (unpaired) electrons. The topological polar surface area (TPSA) is 91.3 Å². The summed E-state index contributed by atoms with van der Waals surface area (Å²) in [5.41, 5.74) is 0. The first-order valence-electron chi connectivity index (χ1n) is 3.78. The van der Waals surface area contributed by atoms with E-state index in [4.69, 9.17) is 34.8 Å². The number of aromatic nitrogens is 3. The Labute approximate surface area is 113 Å². The summed E-state index contributed by atoms with van der Waals surface area (Å²) in [4.78, 5) is 10.8. The lowest BCUT2D eigenvalue weighted by Crippen LogP contribution is -2.06. The Morgan fingerprint density at radius 3 is 1.71 bits per heavy atom. The van der Waals surface area contributed by atoms with Gasteiger partial charge in [-0.1, -0.05) is 34.8 Å². The molecular formula is C6H8Cl3N3O4S. The number of rotatable bonds is 2. The van der Waals surface area contributed by atoms with Crippen LogP contribution in [0.15, 0.2) is 12.7 Å². The molecule has 0 aliphatic heterocycles. The zero-order valence-electron chi connectivity index (χ0n) is 8.67. The molecule has 0 amide bonds. The molecule has 0 saturated carbocycles. The first-order chi connectivity index (χ1) is 7.73. The molecule has 17 heavy (non-hydrogen) atoms. The molecule has 0 aromatic carbocycles. The predicted octanol–water partition coefficient (Wildman–Crippen LogP) is 1.22. The second-order valence-corrected chi connectivity index (χ2v) is 5.97. The zero-order valence-corrected chi connectivity index (χ0v) is 11.8. The molecule has 11 heteroatoms. The van der Waals surface area contributed by atoms with Crippen molar-refractivity contribution in [2.24, 2.45) is 0 Å². The Morgan fingerprint density at radius 1 is 1.12 bits per heavy atom. The molecule has 0 saturated heterocycles. The lowest BCUT2D eigenvalue weighted by atomic mass is 10.7. The minimum Gasteiger partial charge on any atom is -0.252 e. The summed E-state index contributed by atoms with van der Waals surface area (Å²) < 4.78 is 26.0. The van der Waals surface area contributed by atoms with Crippen LogP contribution in [0.3, 0.4) is 0 Å². The Morgan fingerprint density at radius 2 is 1.53 bits per heavy atom. The first-order valence-corrected chi connectivity index (χ1v) is 6.25. The molecule has 1 rings (SSSR count). The average molecular weight is 325 g/mol. The molecule has 0 aliphatic carbocycles. The van der Waals surface area contributed by atoms with Crippen LogP contribution in [0, 0.1) is 0 Å². The maximum absolute atomic E-state index is 9.92. The van der Waals surface area contributed by atoms with Crippen LogP contribution >= 0.6 is 34.8 Å². The predicted molar refractivity (Wildman–Crippen MR) is 62.0 cm³/mol.